The maximum absolute atomic E-state index is 4.47. The number of hydrogen-bond acceptors (Lipinski definition) is 3. The highest BCUT2D eigenvalue weighted by atomic mass is 15.1. The lowest BCUT2D eigenvalue weighted by Gasteiger charge is -2.28. The molecule has 3 nitrogen and oxygen atoms in total. The molecule has 3 heteroatoms. The molecule has 20 heavy (non-hydrogen) atoms. The normalized spacial score (nSPS) is 14.7. The number of fused-ring (bicyclic) bond motifs is 1. The van der Waals surface area contributed by atoms with Crippen molar-refractivity contribution in [2.24, 2.45) is 5.92 Å². The van der Waals surface area contributed by atoms with Crippen LogP contribution in [0.5, 0.6) is 0 Å². The minimum Gasteiger partial charge on any atom is -0.314 e. The van der Waals surface area contributed by atoms with Gasteiger partial charge in [0.25, 0.3) is 0 Å². The van der Waals surface area contributed by atoms with Crippen molar-refractivity contribution in [3.05, 3.63) is 36.2 Å². The quantitative estimate of drug-likeness (QED) is 0.869. The number of aromatic nitrogens is 2. The zero-order chi connectivity index (χ0) is 14.5. The molecule has 2 rings (SSSR count). The van der Waals surface area contributed by atoms with Crippen molar-refractivity contribution in [2.75, 3.05) is 6.54 Å². The van der Waals surface area contributed by atoms with Gasteiger partial charge in [-0.3, -0.25) is 0 Å². The molecule has 1 aromatic heterocycles. The lowest BCUT2D eigenvalue weighted by molar-refractivity contribution is 0.371. The topological polar surface area (TPSA) is 37.8 Å². The first-order chi connectivity index (χ1) is 9.65. The molecular weight excluding hydrogens is 246 g/mol. The molecule has 2 unspecified atom stereocenters. The monoisotopic (exact) mass is 271 g/mol. The van der Waals surface area contributed by atoms with E-state index in [9.17, 15) is 0 Å². The number of nitrogens with one attached hydrogen (secondary N) is 1. The molecular formula is C17H25N3. The molecule has 0 amide bonds. The van der Waals surface area contributed by atoms with Gasteiger partial charge in [0.05, 0.1) is 11.9 Å². The second kappa shape index (κ2) is 6.80. The van der Waals surface area contributed by atoms with E-state index in [2.05, 4.69) is 67.5 Å². The lowest BCUT2D eigenvalue weighted by atomic mass is 9.84. The Kier molecular flexibility index (Phi) is 5.07. The summed E-state index contributed by atoms with van der Waals surface area (Å²) in [5, 5.41) is 14.7. The Hall–Kier alpha value is -1.48. The van der Waals surface area contributed by atoms with Gasteiger partial charge in [0.2, 0.25) is 0 Å². The van der Waals surface area contributed by atoms with Crippen LogP contribution in [0, 0.1) is 5.92 Å². The van der Waals surface area contributed by atoms with Gasteiger partial charge in [0, 0.05) is 22.7 Å². The molecule has 108 valence electrons. The fourth-order valence-electron chi connectivity index (χ4n) is 2.93. The molecule has 0 saturated heterocycles. The molecule has 0 fully saturated rings. The third-order valence-corrected chi connectivity index (χ3v) is 3.89. The second-order valence-electron chi connectivity index (χ2n) is 5.83. The van der Waals surface area contributed by atoms with E-state index in [-0.39, 0.29) is 0 Å². The summed E-state index contributed by atoms with van der Waals surface area (Å²) < 4.78 is 0. The maximum atomic E-state index is 4.47. The molecule has 0 aliphatic rings. The van der Waals surface area contributed by atoms with Crippen LogP contribution in [0.4, 0.5) is 0 Å². The minimum absolute atomic E-state index is 0.375. The van der Waals surface area contributed by atoms with E-state index in [1.165, 1.54) is 10.8 Å². The minimum atomic E-state index is 0.375. The van der Waals surface area contributed by atoms with Gasteiger partial charge in [-0.1, -0.05) is 45.0 Å². The molecule has 0 bridgehead atoms. The van der Waals surface area contributed by atoms with Crippen molar-refractivity contribution in [2.45, 2.75) is 46.1 Å². The fourth-order valence-corrected chi connectivity index (χ4v) is 2.93. The summed E-state index contributed by atoms with van der Waals surface area (Å²) in [5.74, 6) is 0.898. The highest BCUT2D eigenvalue weighted by molar-refractivity contribution is 5.84. The van der Waals surface area contributed by atoms with Gasteiger partial charge >= 0.3 is 0 Å². The third kappa shape index (κ3) is 3.15. The number of benzene rings is 1. The largest absolute Gasteiger partial charge is 0.314 e. The van der Waals surface area contributed by atoms with E-state index in [0.717, 1.165) is 18.7 Å². The molecule has 2 atom stereocenters. The fraction of sp³-hybridized carbons (Fsp3) is 0.529. The van der Waals surface area contributed by atoms with Crippen LogP contribution >= 0.6 is 0 Å². The van der Waals surface area contributed by atoms with Crippen molar-refractivity contribution in [3.63, 3.8) is 0 Å². The Balaban J connectivity index is 2.41. The van der Waals surface area contributed by atoms with Crippen LogP contribution < -0.4 is 5.32 Å². The summed E-state index contributed by atoms with van der Waals surface area (Å²) in [6.45, 7) is 10.0. The van der Waals surface area contributed by atoms with Crippen LogP contribution in [0.3, 0.4) is 0 Å². The van der Waals surface area contributed by atoms with Gasteiger partial charge in [-0.15, -0.1) is 0 Å². The number of rotatable bonds is 6. The molecule has 0 spiro atoms. The Labute approximate surface area is 121 Å². The van der Waals surface area contributed by atoms with Crippen molar-refractivity contribution < 1.29 is 0 Å². The van der Waals surface area contributed by atoms with Crippen LogP contribution in [0.15, 0.2) is 30.5 Å². The van der Waals surface area contributed by atoms with Crippen LogP contribution in [0.25, 0.3) is 10.8 Å². The summed E-state index contributed by atoms with van der Waals surface area (Å²) >= 11 is 0. The third-order valence-electron chi connectivity index (χ3n) is 3.89. The predicted octanol–water partition coefficient (Wildman–Crippen LogP) is 3.76. The first-order valence-corrected chi connectivity index (χ1v) is 7.58. The standard InChI is InChI=1S/C17H25N3/c1-5-10-18-13(4)16(12(2)3)17-15-9-7-6-8-14(15)11-19-20-17/h6-9,11-13,16,18H,5,10H2,1-4H3. The maximum Gasteiger partial charge on any atom is 0.0758 e. The Morgan fingerprint density at radius 1 is 1.15 bits per heavy atom. The number of nitrogens with zero attached hydrogens (tertiary/aromatic N) is 2. The van der Waals surface area contributed by atoms with Crippen LogP contribution in [0.2, 0.25) is 0 Å². The van der Waals surface area contributed by atoms with Gasteiger partial charge < -0.3 is 5.32 Å². The van der Waals surface area contributed by atoms with Crippen LogP contribution in [-0.4, -0.2) is 22.8 Å². The molecule has 0 radical (unpaired) electrons. The van der Waals surface area contributed by atoms with Crippen molar-refractivity contribution in [3.8, 4) is 0 Å². The van der Waals surface area contributed by atoms with E-state index in [0.29, 0.717) is 17.9 Å². The van der Waals surface area contributed by atoms with Gasteiger partial charge in [-0.25, -0.2) is 0 Å². The van der Waals surface area contributed by atoms with E-state index < -0.39 is 0 Å². The van der Waals surface area contributed by atoms with Gasteiger partial charge in [-0.05, 0) is 25.8 Å². The van der Waals surface area contributed by atoms with E-state index in [4.69, 9.17) is 0 Å². The SMILES string of the molecule is CCCNC(C)C(c1nncc2ccccc12)C(C)C. The Morgan fingerprint density at radius 2 is 1.90 bits per heavy atom. The zero-order valence-electron chi connectivity index (χ0n) is 12.9. The van der Waals surface area contributed by atoms with Crippen LogP contribution in [0.1, 0.15) is 45.7 Å². The molecule has 1 N–H and O–H groups in total. The Bertz CT molecular complexity index is 545. The van der Waals surface area contributed by atoms with Crippen LogP contribution in [-0.2, 0) is 0 Å². The average molecular weight is 271 g/mol. The average Bonchev–Trinajstić information content (AvgIpc) is 2.45. The van der Waals surface area contributed by atoms with Crippen molar-refractivity contribution in [1.29, 1.82) is 0 Å². The smallest absolute Gasteiger partial charge is 0.0758 e. The summed E-state index contributed by atoms with van der Waals surface area (Å²) in [5.41, 5.74) is 1.12. The van der Waals surface area contributed by atoms with E-state index in [1.807, 2.05) is 6.20 Å². The second-order valence-corrected chi connectivity index (χ2v) is 5.83. The van der Waals surface area contributed by atoms with Crippen molar-refractivity contribution >= 4 is 10.8 Å². The van der Waals surface area contributed by atoms with Gasteiger partial charge in [0.15, 0.2) is 0 Å². The van der Waals surface area contributed by atoms with Gasteiger partial charge in [0.1, 0.15) is 0 Å². The first-order valence-electron chi connectivity index (χ1n) is 7.58. The summed E-state index contributed by atoms with van der Waals surface area (Å²) in [7, 11) is 0. The van der Waals surface area contributed by atoms with E-state index in [1.54, 1.807) is 0 Å². The molecule has 0 aliphatic heterocycles. The van der Waals surface area contributed by atoms with Gasteiger partial charge in [-0.2, -0.15) is 10.2 Å². The molecule has 1 heterocycles. The molecule has 0 aliphatic carbocycles. The molecule has 0 saturated carbocycles. The summed E-state index contributed by atoms with van der Waals surface area (Å²) in [6.07, 6.45) is 3.00. The summed E-state index contributed by atoms with van der Waals surface area (Å²) in [6, 6.07) is 8.79. The Morgan fingerprint density at radius 3 is 2.60 bits per heavy atom. The zero-order valence-corrected chi connectivity index (χ0v) is 12.9. The molecule has 1 aromatic carbocycles. The highest BCUT2D eigenvalue weighted by Crippen LogP contribution is 2.31. The van der Waals surface area contributed by atoms with E-state index >= 15 is 0 Å². The summed E-state index contributed by atoms with van der Waals surface area (Å²) in [4.78, 5) is 0. The molecule has 2 aromatic rings. The first kappa shape index (κ1) is 14.9. The van der Waals surface area contributed by atoms with Crippen molar-refractivity contribution in [1.82, 2.24) is 15.5 Å². The lowest BCUT2D eigenvalue weighted by Crippen LogP contribution is -2.35. The predicted molar refractivity (Wildman–Crippen MR) is 84.9 cm³/mol. The highest BCUT2D eigenvalue weighted by Gasteiger charge is 2.25. The number of hydrogen-bond donors (Lipinski definition) is 1.